The number of hydrogen-bond donors (Lipinski definition) is 0. The lowest BCUT2D eigenvalue weighted by atomic mass is 9.98. The minimum Gasteiger partial charge on any atom is -0.310 e. The maximum Gasteiger partial charge on any atom is 0.0788 e. The van der Waals surface area contributed by atoms with Crippen LogP contribution < -0.4 is 4.90 Å². The molecule has 0 atom stereocenters. The molecule has 0 fully saturated rings. The van der Waals surface area contributed by atoms with Gasteiger partial charge < -0.3 is 4.90 Å². The van der Waals surface area contributed by atoms with Gasteiger partial charge in [0.25, 0.3) is 0 Å². The third-order valence-corrected chi connectivity index (χ3v) is 9.83. The van der Waals surface area contributed by atoms with E-state index in [0.717, 1.165) is 33.8 Å². The second-order valence-corrected chi connectivity index (χ2v) is 12.2. The molecule has 0 spiro atoms. The van der Waals surface area contributed by atoms with E-state index in [4.69, 9.17) is 4.98 Å². The first-order valence-electron chi connectivity index (χ1n) is 14.9. The Bertz CT molecular complexity index is 2490. The van der Waals surface area contributed by atoms with E-state index in [9.17, 15) is 0 Å². The Labute approximate surface area is 259 Å². The monoisotopic (exact) mass is 578 g/mol. The zero-order valence-electron chi connectivity index (χ0n) is 23.8. The molecule has 0 saturated heterocycles. The third kappa shape index (κ3) is 3.90. The fourth-order valence-corrected chi connectivity index (χ4v) is 7.88. The van der Waals surface area contributed by atoms with E-state index in [-0.39, 0.29) is 0 Å². The van der Waals surface area contributed by atoms with Gasteiger partial charge >= 0.3 is 0 Å². The van der Waals surface area contributed by atoms with E-state index in [1.165, 1.54) is 47.1 Å². The number of fused-ring (bicyclic) bond motifs is 8. The molecule has 2 heterocycles. The molecule has 0 amide bonds. The van der Waals surface area contributed by atoms with Crippen molar-refractivity contribution in [2.24, 2.45) is 0 Å². The summed E-state index contributed by atoms with van der Waals surface area (Å²) < 4.78 is 2.64. The first-order valence-corrected chi connectivity index (χ1v) is 15.7. The van der Waals surface area contributed by atoms with E-state index in [1.807, 2.05) is 11.3 Å². The molecule has 0 N–H and O–H groups in total. The Morgan fingerprint density at radius 1 is 0.455 bits per heavy atom. The molecule has 7 aromatic carbocycles. The van der Waals surface area contributed by atoms with Gasteiger partial charge in [0.1, 0.15) is 0 Å². The lowest BCUT2D eigenvalue weighted by molar-refractivity contribution is 1.30. The van der Waals surface area contributed by atoms with Crippen LogP contribution in [0.5, 0.6) is 0 Å². The van der Waals surface area contributed by atoms with Crippen molar-refractivity contribution in [3.63, 3.8) is 0 Å². The van der Waals surface area contributed by atoms with Crippen molar-refractivity contribution in [3.8, 4) is 11.3 Å². The molecule has 0 unspecified atom stereocenters. The Kier molecular flexibility index (Phi) is 5.71. The van der Waals surface area contributed by atoms with Crippen LogP contribution in [0.25, 0.3) is 63.9 Å². The molecule has 3 heteroatoms. The van der Waals surface area contributed by atoms with E-state index in [0.29, 0.717) is 0 Å². The molecule has 0 radical (unpaired) electrons. The zero-order chi connectivity index (χ0) is 29.0. The van der Waals surface area contributed by atoms with Gasteiger partial charge in [0.2, 0.25) is 0 Å². The molecule has 0 bridgehead atoms. The predicted molar refractivity (Wildman–Crippen MR) is 190 cm³/mol. The largest absolute Gasteiger partial charge is 0.310 e. The topological polar surface area (TPSA) is 16.1 Å². The Balaban J connectivity index is 1.25. The first kappa shape index (κ1) is 25.0. The molecule has 0 aliphatic heterocycles. The van der Waals surface area contributed by atoms with Crippen molar-refractivity contribution in [2.45, 2.75) is 0 Å². The highest BCUT2D eigenvalue weighted by atomic mass is 32.1. The highest BCUT2D eigenvalue weighted by molar-refractivity contribution is 7.26. The van der Waals surface area contributed by atoms with Gasteiger partial charge in [0.05, 0.1) is 16.9 Å². The minimum atomic E-state index is 1.01. The molecule has 9 rings (SSSR count). The van der Waals surface area contributed by atoms with Crippen molar-refractivity contribution < 1.29 is 0 Å². The predicted octanol–water partition coefficient (Wildman–Crippen LogP) is 12.0. The normalized spacial score (nSPS) is 11.6. The van der Waals surface area contributed by atoms with Crippen LogP contribution in [0.4, 0.5) is 17.1 Å². The van der Waals surface area contributed by atoms with Crippen LogP contribution >= 0.6 is 11.3 Å². The van der Waals surface area contributed by atoms with E-state index in [2.05, 4.69) is 163 Å². The van der Waals surface area contributed by atoms with Gasteiger partial charge in [-0.15, -0.1) is 11.3 Å². The van der Waals surface area contributed by atoms with Crippen molar-refractivity contribution in [2.75, 3.05) is 4.90 Å². The molecular weight excluding hydrogens is 553 g/mol. The van der Waals surface area contributed by atoms with Gasteiger partial charge in [-0.25, -0.2) is 4.98 Å². The number of para-hydroxylation sites is 2. The fourth-order valence-electron chi connectivity index (χ4n) is 6.61. The molecule has 0 aliphatic carbocycles. The molecule has 2 nitrogen and oxygen atoms in total. The van der Waals surface area contributed by atoms with Gasteiger partial charge in [-0.3, -0.25) is 0 Å². The lowest BCUT2D eigenvalue weighted by Crippen LogP contribution is -2.10. The maximum atomic E-state index is 5.26. The summed E-state index contributed by atoms with van der Waals surface area (Å²) in [5, 5.41) is 8.74. The maximum absolute atomic E-state index is 5.26. The van der Waals surface area contributed by atoms with Gasteiger partial charge in [-0.1, -0.05) is 115 Å². The Morgan fingerprint density at radius 3 is 1.98 bits per heavy atom. The number of pyridine rings is 1. The Morgan fingerprint density at radius 2 is 1.11 bits per heavy atom. The van der Waals surface area contributed by atoms with Crippen molar-refractivity contribution >= 4 is 81.0 Å². The van der Waals surface area contributed by atoms with E-state index < -0.39 is 0 Å². The van der Waals surface area contributed by atoms with Crippen LogP contribution in [0.15, 0.2) is 158 Å². The molecule has 0 saturated carbocycles. The number of rotatable bonds is 4. The molecule has 44 heavy (non-hydrogen) atoms. The van der Waals surface area contributed by atoms with Gasteiger partial charge in [0, 0.05) is 58.7 Å². The van der Waals surface area contributed by atoms with Gasteiger partial charge in [-0.05, 0) is 47.9 Å². The third-order valence-electron chi connectivity index (χ3n) is 8.63. The van der Waals surface area contributed by atoms with Gasteiger partial charge in [0.15, 0.2) is 0 Å². The van der Waals surface area contributed by atoms with Crippen LogP contribution in [0.1, 0.15) is 0 Å². The number of aromatic nitrogens is 1. The summed E-state index contributed by atoms with van der Waals surface area (Å²) in [6.45, 7) is 0. The smallest absolute Gasteiger partial charge is 0.0788 e. The van der Waals surface area contributed by atoms with Gasteiger partial charge in [-0.2, -0.15) is 0 Å². The SMILES string of the molecule is c1ccc(N(c2ccc(-c3nc4ccccc4c4c3ccc3c5ccccc5sc34)cc2)c2cccc3ccccc23)cc1. The van der Waals surface area contributed by atoms with Crippen molar-refractivity contribution in [3.05, 3.63) is 158 Å². The highest BCUT2D eigenvalue weighted by Gasteiger charge is 2.18. The summed E-state index contributed by atoms with van der Waals surface area (Å²) in [5.41, 5.74) is 6.53. The number of hydrogen-bond acceptors (Lipinski definition) is 3. The van der Waals surface area contributed by atoms with Crippen LogP contribution in [0.2, 0.25) is 0 Å². The lowest BCUT2D eigenvalue weighted by Gasteiger charge is -2.27. The van der Waals surface area contributed by atoms with Crippen LogP contribution in [0.3, 0.4) is 0 Å². The van der Waals surface area contributed by atoms with Crippen LogP contribution in [-0.2, 0) is 0 Å². The molecular formula is C41H26N2S. The number of nitrogens with zero attached hydrogens (tertiary/aromatic N) is 2. The summed E-state index contributed by atoms with van der Waals surface area (Å²) in [6.07, 6.45) is 0. The van der Waals surface area contributed by atoms with E-state index >= 15 is 0 Å². The summed E-state index contributed by atoms with van der Waals surface area (Å²) in [5.74, 6) is 0. The first-order chi connectivity index (χ1) is 21.8. The fraction of sp³-hybridized carbons (Fsp3) is 0. The number of benzene rings is 7. The Hall–Kier alpha value is -5.51. The number of anilines is 3. The second-order valence-electron chi connectivity index (χ2n) is 11.2. The molecule has 2 aromatic heterocycles. The average molecular weight is 579 g/mol. The summed E-state index contributed by atoms with van der Waals surface area (Å²) >= 11 is 1.88. The van der Waals surface area contributed by atoms with Crippen molar-refractivity contribution in [1.29, 1.82) is 0 Å². The molecule has 9 aromatic rings. The minimum absolute atomic E-state index is 1.01. The quantitative estimate of drug-likeness (QED) is 0.193. The zero-order valence-corrected chi connectivity index (χ0v) is 24.6. The van der Waals surface area contributed by atoms with Crippen LogP contribution in [-0.4, -0.2) is 4.98 Å². The molecule has 206 valence electrons. The average Bonchev–Trinajstić information content (AvgIpc) is 3.48. The standard InChI is InChI=1S/C41H26N2S/c1-2-13-29(14-3-1)43(37-19-10-12-27-11-4-5-15-31(27)37)30-23-21-28(22-24-30)40-35-26-25-33-32-16-7-9-20-38(32)44-41(33)39(35)34-17-6-8-18-36(34)42-40/h1-26H. The van der Waals surface area contributed by atoms with Crippen LogP contribution in [0, 0.1) is 0 Å². The second kappa shape index (κ2) is 10.0. The highest BCUT2D eigenvalue weighted by Crippen LogP contribution is 2.44. The molecule has 0 aliphatic rings. The number of thiophene rings is 1. The summed E-state index contributed by atoms with van der Waals surface area (Å²) in [4.78, 5) is 7.60. The summed E-state index contributed by atoms with van der Waals surface area (Å²) in [7, 11) is 0. The van der Waals surface area contributed by atoms with E-state index in [1.54, 1.807) is 0 Å². The summed E-state index contributed by atoms with van der Waals surface area (Å²) in [6, 6.07) is 56.4. The van der Waals surface area contributed by atoms with Crippen molar-refractivity contribution in [1.82, 2.24) is 4.98 Å².